The van der Waals surface area contributed by atoms with Crippen molar-refractivity contribution in [2.75, 3.05) is 0 Å². The molecule has 2 aromatic rings. The van der Waals surface area contributed by atoms with E-state index in [0.717, 1.165) is 6.07 Å². The largest absolute Gasteiger partial charge is 0.300 e. The van der Waals surface area contributed by atoms with E-state index in [1.165, 1.54) is 30.4 Å². The maximum atomic E-state index is 13.5. The fourth-order valence-corrected chi connectivity index (χ4v) is 2.29. The van der Waals surface area contributed by atoms with Crippen molar-refractivity contribution < 1.29 is 13.6 Å². The number of aromatic nitrogens is 1. The van der Waals surface area contributed by atoms with Crippen LogP contribution in [0.4, 0.5) is 8.78 Å². The van der Waals surface area contributed by atoms with Crippen LogP contribution in [0.25, 0.3) is 11.3 Å². The normalized spacial score (nSPS) is 10.5. The molecule has 0 aliphatic carbocycles. The lowest BCUT2D eigenvalue weighted by molar-refractivity contribution is -0.116. The summed E-state index contributed by atoms with van der Waals surface area (Å²) in [5.74, 6) is -1.26. The first-order valence-electron chi connectivity index (χ1n) is 4.95. The van der Waals surface area contributed by atoms with Crippen molar-refractivity contribution in [3.05, 3.63) is 40.2 Å². The van der Waals surface area contributed by atoms with Gasteiger partial charge in [0.05, 0.1) is 12.1 Å². The van der Waals surface area contributed by atoms with Crippen molar-refractivity contribution >= 4 is 17.1 Å². The van der Waals surface area contributed by atoms with Gasteiger partial charge in [-0.2, -0.15) is 0 Å². The Morgan fingerprint density at radius 2 is 2.18 bits per heavy atom. The number of carbonyl (C=O) groups excluding carboxylic acids is 1. The number of carbonyl (C=O) groups is 1. The van der Waals surface area contributed by atoms with E-state index in [-0.39, 0.29) is 17.8 Å². The van der Waals surface area contributed by atoms with E-state index in [1.54, 1.807) is 5.38 Å². The van der Waals surface area contributed by atoms with Crippen LogP contribution < -0.4 is 0 Å². The predicted molar refractivity (Wildman–Crippen MR) is 61.9 cm³/mol. The molecule has 0 aliphatic rings. The highest BCUT2D eigenvalue weighted by Gasteiger charge is 2.11. The summed E-state index contributed by atoms with van der Waals surface area (Å²) in [6.45, 7) is 1.47. The SMILES string of the molecule is CC(=O)Cc1nc(-c2ccc(F)cc2F)cs1. The monoisotopic (exact) mass is 253 g/mol. The lowest BCUT2D eigenvalue weighted by atomic mass is 10.1. The third-order valence-corrected chi connectivity index (χ3v) is 3.01. The van der Waals surface area contributed by atoms with Crippen molar-refractivity contribution in [2.24, 2.45) is 0 Å². The summed E-state index contributed by atoms with van der Waals surface area (Å²) in [5, 5.41) is 2.30. The van der Waals surface area contributed by atoms with Gasteiger partial charge in [-0.1, -0.05) is 0 Å². The number of hydrogen-bond acceptors (Lipinski definition) is 3. The van der Waals surface area contributed by atoms with Crippen molar-refractivity contribution in [3.8, 4) is 11.3 Å². The van der Waals surface area contributed by atoms with Crippen LogP contribution in [0.5, 0.6) is 0 Å². The number of nitrogens with zero attached hydrogens (tertiary/aromatic N) is 1. The molecule has 0 saturated heterocycles. The molecule has 5 heteroatoms. The quantitative estimate of drug-likeness (QED) is 0.840. The summed E-state index contributed by atoms with van der Waals surface area (Å²) in [4.78, 5) is 15.1. The number of rotatable bonds is 3. The first-order valence-corrected chi connectivity index (χ1v) is 5.83. The number of halogens is 2. The zero-order valence-electron chi connectivity index (χ0n) is 9.04. The predicted octanol–water partition coefficient (Wildman–Crippen LogP) is 3.22. The molecule has 17 heavy (non-hydrogen) atoms. The second kappa shape index (κ2) is 4.71. The Morgan fingerprint density at radius 3 is 2.82 bits per heavy atom. The van der Waals surface area contributed by atoms with Crippen molar-refractivity contribution in [3.63, 3.8) is 0 Å². The molecule has 0 saturated carbocycles. The lowest BCUT2D eigenvalue weighted by Crippen LogP contribution is -1.95. The summed E-state index contributed by atoms with van der Waals surface area (Å²) < 4.78 is 26.2. The molecule has 0 radical (unpaired) electrons. The number of hydrogen-bond donors (Lipinski definition) is 0. The molecule has 0 amide bonds. The second-order valence-corrected chi connectivity index (χ2v) is 4.57. The van der Waals surface area contributed by atoms with Crippen LogP contribution in [0.15, 0.2) is 23.6 Å². The van der Waals surface area contributed by atoms with Gasteiger partial charge in [0.2, 0.25) is 0 Å². The molecule has 0 aliphatic heterocycles. The first kappa shape index (κ1) is 11.9. The summed E-state index contributed by atoms with van der Waals surface area (Å²) in [5.41, 5.74) is 0.682. The Bertz CT molecular complexity index is 565. The number of thiazole rings is 1. The molecule has 1 aromatic carbocycles. The average molecular weight is 253 g/mol. The zero-order chi connectivity index (χ0) is 12.4. The van der Waals surface area contributed by atoms with Gasteiger partial charge in [-0.3, -0.25) is 4.79 Å². The van der Waals surface area contributed by atoms with Gasteiger partial charge >= 0.3 is 0 Å². The fraction of sp³-hybridized carbons (Fsp3) is 0.167. The van der Waals surface area contributed by atoms with Crippen molar-refractivity contribution in [1.29, 1.82) is 0 Å². The molecule has 0 spiro atoms. The van der Waals surface area contributed by atoms with Gasteiger partial charge in [0.1, 0.15) is 22.4 Å². The molecule has 1 aromatic heterocycles. The van der Waals surface area contributed by atoms with Gasteiger partial charge < -0.3 is 0 Å². The summed E-state index contributed by atoms with van der Waals surface area (Å²) in [7, 11) is 0. The highest BCUT2D eigenvalue weighted by Crippen LogP contribution is 2.25. The minimum Gasteiger partial charge on any atom is -0.300 e. The standard InChI is InChI=1S/C12H9F2NOS/c1-7(16)4-12-15-11(6-17-12)9-3-2-8(13)5-10(9)14/h2-3,5-6H,4H2,1H3. The molecule has 2 rings (SSSR count). The van der Waals surface area contributed by atoms with Crippen LogP contribution >= 0.6 is 11.3 Å². The van der Waals surface area contributed by atoms with Crippen LogP contribution in [-0.4, -0.2) is 10.8 Å². The molecule has 1 heterocycles. The molecular formula is C12H9F2NOS. The van der Waals surface area contributed by atoms with Gasteiger partial charge in [-0.25, -0.2) is 13.8 Å². The lowest BCUT2D eigenvalue weighted by Gasteiger charge is -1.98. The molecule has 0 bridgehead atoms. The van der Waals surface area contributed by atoms with Gasteiger partial charge in [0.25, 0.3) is 0 Å². The third kappa shape index (κ3) is 2.74. The minimum atomic E-state index is -0.648. The summed E-state index contributed by atoms with van der Waals surface area (Å²) >= 11 is 1.29. The number of Topliss-reactive ketones (excluding diaryl/α,β-unsaturated/α-hetero) is 1. The van der Waals surface area contributed by atoms with Gasteiger partial charge in [-0.05, 0) is 19.1 Å². The van der Waals surface area contributed by atoms with E-state index >= 15 is 0 Å². The smallest absolute Gasteiger partial charge is 0.136 e. The van der Waals surface area contributed by atoms with E-state index in [1.807, 2.05) is 0 Å². The second-order valence-electron chi connectivity index (χ2n) is 3.63. The minimum absolute atomic E-state index is 0.00507. The van der Waals surface area contributed by atoms with Crippen molar-refractivity contribution in [2.45, 2.75) is 13.3 Å². The Hall–Kier alpha value is -1.62. The topological polar surface area (TPSA) is 30.0 Å². The highest BCUT2D eigenvalue weighted by atomic mass is 32.1. The maximum Gasteiger partial charge on any atom is 0.136 e. The van der Waals surface area contributed by atoms with E-state index in [4.69, 9.17) is 0 Å². The highest BCUT2D eigenvalue weighted by molar-refractivity contribution is 7.10. The summed E-state index contributed by atoms with van der Waals surface area (Å²) in [6, 6.07) is 3.35. The van der Waals surface area contributed by atoms with E-state index in [0.29, 0.717) is 10.7 Å². The molecular weight excluding hydrogens is 244 g/mol. The molecule has 0 unspecified atom stereocenters. The van der Waals surface area contributed by atoms with Crippen LogP contribution in [0.2, 0.25) is 0 Å². The van der Waals surface area contributed by atoms with Gasteiger partial charge in [0.15, 0.2) is 0 Å². The Kier molecular flexibility index (Phi) is 3.28. The molecule has 88 valence electrons. The van der Waals surface area contributed by atoms with Gasteiger partial charge in [-0.15, -0.1) is 11.3 Å². The zero-order valence-corrected chi connectivity index (χ0v) is 9.85. The van der Waals surface area contributed by atoms with Crippen LogP contribution in [0.3, 0.4) is 0 Å². The average Bonchev–Trinajstić information content (AvgIpc) is 2.65. The number of ketones is 1. The Morgan fingerprint density at radius 1 is 1.41 bits per heavy atom. The third-order valence-electron chi connectivity index (χ3n) is 2.16. The molecule has 0 N–H and O–H groups in total. The molecule has 2 nitrogen and oxygen atoms in total. The molecule has 0 fully saturated rings. The van der Waals surface area contributed by atoms with Crippen molar-refractivity contribution in [1.82, 2.24) is 4.98 Å². The van der Waals surface area contributed by atoms with Crippen LogP contribution in [0, 0.1) is 11.6 Å². The Balaban J connectivity index is 2.33. The maximum absolute atomic E-state index is 13.5. The van der Waals surface area contributed by atoms with E-state index in [9.17, 15) is 13.6 Å². The number of benzene rings is 1. The first-order chi connectivity index (χ1) is 8.06. The molecule has 0 atom stereocenters. The fourth-order valence-electron chi connectivity index (χ4n) is 1.43. The summed E-state index contributed by atoms with van der Waals surface area (Å²) in [6.07, 6.45) is 0.244. The van der Waals surface area contributed by atoms with Crippen LogP contribution in [-0.2, 0) is 11.2 Å². The van der Waals surface area contributed by atoms with E-state index in [2.05, 4.69) is 4.98 Å². The van der Waals surface area contributed by atoms with E-state index < -0.39 is 11.6 Å². The Labute approximate surface area is 101 Å². The van der Waals surface area contributed by atoms with Gasteiger partial charge in [0, 0.05) is 17.0 Å². The van der Waals surface area contributed by atoms with Crippen LogP contribution in [0.1, 0.15) is 11.9 Å².